The molecule has 21 heavy (non-hydrogen) atoms. The summed E-state index contributed by atoms with van der Waals surface area (Å²) >= 11 is 6.12. The average Bonchev–Trinajstić information content (AvgIpc) is 2.53. The number of likely N-dealkylation sites (tertiary alicyclic amines) is 1. The van der Waals surface area contributed by atoms with E-state index in [1.54, 1.807) is 6.08 Å². The summed E-state index contributed by atoms with van der Waals surface area (Å²) in [5, 5.41) is 0.263. The number of benzene rings is 1. The lowest BCUT2D eigenvalue weighted by atomic mass is 10.0. The normalized spacial score (nSPS) is 18.3. The van der Waals surface area contributed by atoms with Crippen LogP contribution in [0.15, 0.2) is 43.0 Å². The van der Waals surface area contributed by atoms with Gasteiger partial charge in [-0.25, -0.2) is 0 Å². The van der Waals surface area contributed by atoms with Crippen molar-refractivity contribution in [3.05, 3.63) is 48.6 Å². The van der Waals surface area contributed by atoms with Gasteiger partial charge in [-0.05, 0) is 25.9 Å². The van der Waals surface area contributed by atoms with E-state index in [2.05, 4.69) is 11.5 Å². The highest BCUT2D eigenvalue weighted by Gasteiger charge is 2.25. The zero-order valence-corrected chi connectivity index (χ0v) is 13.0. The summed E-state index contributed by atoms with van der Waals surface area (Å²) in [4.78, 5) is 14.8. The molecule has 1 saturated heterocycles. The Hall–Kier alpha value is -1.16. The third-order valence-electron chi connectivity index (χ3n) is 3.71. The highest BCUT2D eigenvalue weighted by Crippen LogP contribution is 2.17. The average molecular weight is 308 g/mol. The minimum Gasteiger partial charge on any atom is -0.365 e. The van der Waals surface area contributed by atoms with E-state index in [1.807, 2.05) is 30.3 Å². The van der Waals surface area contributed by atoms with Crippen molar-refractivity contribution in [1.82, 2.24) is 4.90 Å². The van der Waals surface area contributed by atoms with E-state index in [1.165, 1.54) is 0 Å². The van der Waals surface area contributed by atoms with Crippen molar-refractivity contribution >= 4 is 17.4 Å². The van der Waals surface area contributed by atoms with Gasteiger partial charge in [-0.3, -0.25) is 4.79 Å². The van der Waals surface area contributed by atoms with Gasteiger partial charge in [0.25, 0.3) is 0 Å². The van der Waals surface area contributed by atoms with Gasteiger partial charge >= 0.3 is 0 Å². The number of carbonyl (C=O) groups is 1. The van der Waals surface area contributed by atoms with Gasteiger partial charge in [-0.15, -0.1) is 18.2 Å². The van der Waals surface area contributed by atoms with Gasteiger partial charge in [0.1, 0.15) is 6.10 Å². The Labute approximate surface area is 131 Å². The molecule has 0 saturated carbocycles. The molecule has 0 N–H and O–H groups in total. The Kier molecular flexibility index (Phi) is 6.43. The van der Waals surface area contributed by atoms with Crippen molar-refractivity contribution in [2.75, 3.05) is 26.2 Å². The summed E-state index contributed by atoms with van der Waals surface area (Å²) in [6, 6.07) is 9.31. The molecule has 1 aromatic carbocycles. The van der Waals surface area contributed by atoms with Gasteiger partial charge in [0.15, 0.2) is 5.78 Å². The third kappa shape index (κ3) is 4.95. The number of ketones is 1. The number of nitrogens with zero attached hydrogens (tertiary/aromatic N) is 1. The molecule has 0 aromatic heterocycles. The smallest absolute Gasteiger partial charge is 0.192 e. The van der Waals surface area contributed by atoms with Crippen LogP contribution in [0.5, 0.6) is 0 Å². The number of Topliss-reactive ketones (excluding diaryl/α,β-unsaturated/α-hetero) is 1. The number of hydrogen-bond donors (Lipinski definition) is 0. The number of alkyl halides is 1. The number of carbonyl (C=O) groups excluding carboxylic acids is 1. The quantitative estimate of drug-likeness (QED) is 0.440. The molecule has 1 heterocycles. The van der Waals surface area contributed by atoms with E-state index in [0.717, 1.165) is 25.9 Å². The Balaban J connectivity index is 2.00. The summed E-state index contributed by atoms with van der Waals surface area (Å²) in [6.45, 7) is 6.50. The zero-order valence-electron chi connectivity index (χ0n) is 12.2. The summed E-state index contributed by atoms with van der Waals surface area (Å²) < 4.78 is 5.69. The molecule has 114 valence electrons. The third-order valence-corrected chi connectivity index (χ3v) is 4.14. The van der Waals surface area contributed by atoms with Crippen LogP contribution in [0.1, 0.15) is 23.2 Å². The molecule has 1 unspecified atom stereocenters. The van der Waals surface area contributed by atoms with Crippen LogP contribution in [-0.4, -0.2) is 48.4 Å². The first kappa shape index (κ1) is 16.2. The second-order valence-electron chi connectivity index (χ2n) is 5.32. The number of piperidine rings is 1. The van der Waals surface area contributed by atoms with Crippen LogP contribution >= 0.6 is 11.6 Å². The van der Waals surface area contributed by atoms with Crippen LogP contribution in [0.3, 0.4) is 0 Å². The number of ether oxygens (including phenoxy) is 1. The minimum absolute atomic E-state index is 0.0328. The van der Waals surface area contributed by atoms with Gasteiger partial charge in [0.2, 0.25) is 0 Å². The molecule has 1 aromatic rings. The van der Waals surface area contributed by atoms with Crippen LogP contribution in [0.25, 0.3) is 0 Å². The molecule has 1 fully saturated rings. The fraction of sp³-hybridized carbons (Fsp3) is 0.471. The molecular weight excluding hydrogens is 286 g/mol. The van der Waals surface area contributed by atoms with Crippen molar-refractivity contribution in [2.24, 2.45) is 0 Å². The van der Waals surface area contributed by atoms with Crippen LogP contribution in [0, 0.1) is 0 Å². The van der Waals surface area contributed by atoms with Crippen molar-refractivity contribution in [3.8, 4) is 0 Å². The van der Waals surface area contributed by atoms with Gasteiger partial charge in [-0.1, -0.05) is 36.4 Å². The summed E-state index contributed by atoms with van der Waals surface area (Å²) in [5.74, 6) is 0.0328. The topological polar surface area (TPSA) is 29.5 Å². The summed E-state index contributed by atoms with van der Waals surface area (Å²) in [5.41, 5.74) is 0.693. The maximum Gasteiger partial charge on any atom is 0.192 e. The van der Waals surface area contributed by atoms with E-state index >= 15 is 0 Å². The second-order valence-corrected chi connectivity index (χ2v) is 5.93. The highest BCUT2D eigenvalue weighted by molar-refractivity contribution is 6.20. The lowest BCUT2D eigenvalue weighted by Gasteiger charge is -2.31. The zero-order chi connectivity index (χ0) is 15.1. The maximum atomic E-state index is 12.6. The van der Waals surface area contributed by atoms with Crippen LogP contribution in [-0.2, 0) is 4.74 Å². The molecule has 2 rings (SSSR count). The summed E-state index contributed by atoms with van der Waals surface area (Å²) in [6.07, 6.45) is 3.16. The second kappa shape index (κ2) is 8.32. The SMILES string of the molecule is C=CCOC(CN1CCC(Cl)CC1)C(=O)c1ccccc1. The number of halogens is 1. The van der Waals surface area contributed by atoms with Crippen LogP contribution < -0.4 is 0 Å². The molecule has 3 nitrogen and oxygen atoms in total. The molecule has 1 aliphatic heterocycles. The molecule has 0 radical (unpaired) electrons. The first-order chi connectivity index (χ1) is 10.2. The van der Waals surface area contributed by atoms with Crippen molar-refractivity contribution in [2.45, 2.75) is 24.3 Å². The van der Waals surface area contributed by atoms with Crippen molar-refractivity contribution in [1.29, 1.82) is 0 Å². The van der Waals surface area contributed by atoms with Crippen LogP contribution in [0.4, 0.5) is 0 Å². The predicted molar refractivity (Wildman–Crippen MR) is 86.0 cm³/mol. The standard InChI is InChI=1S/C17H22ClNO2/c1-2-12-21-16(13-19-10-8-15(18)9-11-19)17(20)14-6-4-3-5-7-14/h2-7,15-16H,1,8-13H2. The van der Waals surface area contributed by atoms with Gasteiger partial charge in [-0.2, -0.15) is 0 Å². The highest BCUT2D eigenvalue weighted by atomic mass is 35.5. The first-order valence-corrected chi connectivity index (χ1v) is 7.82. The lowest BCUT2D eigenvalue weighted by Crippen LogP contribution is -2.43. The lowest BCUT2D eigenvalue weighted by molar-refractivity contribution is 0.0325. The van der Waals surface area contributed by atoms with E-state index < -0.39 is 6.10 Å². The molecular formula is C17H22ClNO2. The summed E-state index contributed by atoms with van der Waals surface area (Å²) in [7, 11) is 0. The Bertz CT molecular complexity index is 455. The Morgan fingerprint density at radius 1 is 1.38 bits per heavy atom. The monoisotopic (exact) mass is 307 g/mol. The number of hydrogen-bond acceptors (Lipinski definition) is 3. The predicted octanol–water partition coefficient (Wildman–Crippen LogP) is 3.14. The number of rotatable bonds is 7. The van der Waals surface area contributed by atoms with Gasteiger partial charge in [0.05, 0.1) is 6.61 Å². The van der Waals surface area contributed by atoms with E-state index in [9.17, 15) is 4.79 Å². The largest absolute Gasteiger partial charge is 0.365 e. The molecule has 0 bridgehead atoms. The van der Waals surface area contributed by atoms with Crippen molar-refractivity contribution < 1.29 is 9.53 Å². The first-order valence-electron chi connectivity index (χ1n) is 7.39. The molecule has 0 spiro atoms. The Morgan fingerprint density at radius 3 is 2.67 bits per heavy atom. The molecule has 1 aliphatic rings. The fourth-order valence-electron chi connectivity index (χ4n) is 2.50. The molecule has 1 atom stereocenters. The van der Waals surface area contributed by atoms with Gasteiger partial charge < -0.3 is 9.64 Å². The van der Waals surface area contributed by atoms with E-state index in [0.29, 0.717) is 18.7 Å². The molecule has 0 aliphatic carbocycles. The minimum atomic E-state index is -0.447. The Morgan fingerprint density at radius 2 is 2.05 bits per heavy atom. The molecule has 0 amide bonds. The molecule has 4 heteroatoms. The fourth-order valence-corrected chi connectivity index (χ4v) is 2.70. The van der Waals surface area contributed by atoms with Gasteiger partial charge in [0, 0.05) is 17.5 Å². The van der Waals surface area contributed by atoms with E-state index in [4.69, 9.17) is 16.3 Å². The van der Waals surface area contributed by atoms with Crippen molar-refractivity contribution in [3.63, 3.8) is 0 Å². The van der Waals surface area contributed by atoms with Crippen LogP contribution in [0.2, 0.25) is 0 Å². The van der Waals surface area contributed by atoms with E-state index in [-0.39, 0.29) is 11.2 Å². The maximum absolute atomic E-state index is 12.6.